The number of aromatic nitrogens is 4. The Morgan fingerprint density at radius 2 is 0.855 bits per heavy atom. The molecule has 0 amide bonds. The van der Waals surface area contributed by atoms with E-state index in [2.05, 4.69) is 71.2 Å². The molecule has 4 heterocycles. The second-order valence-corrected chi connectivity index (χ2v) is 18.0. The van der Waals surface area contributed by atoms with E-state index in [1.807, 2.05) is 66.7 Å². The summed E-state index contributed by atoms with van der Waals surface area (Å²) in [6, 6.07) is 30.5. The lowest BCUT2D eigenvalue weighted by Gasteiger charge is -2.07. The minimum absolute atomic E-state index is 0.483. The molecule has 0 unspecified atom stereocenters. The fraction of sp³-hybridized carbons (Fsp3) is 0.385. The van der Waals surface area contributed by atoms with Crippen molar-refractivity contribution in [1.29, 1.82) is 0 Å². The van der Waals surface area contributed by atoms with E-state index in [1.54, 1.807) is 22.7 Å². The van der Waals surface area contributed by atoms with E-state index in [9.17, 15) is 0 Å². The van der Waals surface area contributed by atoms with Crippen LogP contribution in [0.3, 0.4) is 0 Å². The Labute approximate surface area is 375 Å². The number of rotatable bonds is 27. The van der Waals surface area contributed by atoms with Crippen LogP contribution in [0.15, 0.2) is 106 Å². The van der Waals surface area contributed by atoms with Gasteiger partial charge in [0.05, 0.1) is 23.0 Å². The molecule has 0 aliphatic heterocycles. The summed E-state index contributed by atoms with van der Waals surface area (Å²) in [6.45, 7) is 10.1. The van der Waals surface area contributed by atoms with Crippen LogP contribution in [0.2, 0.25) is 0 Å². The first-order valence-corrected chi connectivity index (χ1v) is 24.4. The Morgan fingerprint density at radius 3 is 1.34 bits per heavy atom. The van der Waals surface area contributed by atoms with Gasteiger partial charge in [-0.25, -0.2) is 0 Å². The van der Waals surface area contributed by atoms with Crippen LogP contribution in [0.4, 0.5) is 0 Å². The molecule has 0 bridgehead atoms. The van der Waals surface area contributed by atoms with Gasteiger partial charge in [-0.2, -0.15) is 0 Å². The van der Waals surface area contributed by atoms with Gasteiger partial charge in [-0.3, -0.25) is 0 Å². The van der Waals surface area contributed by atoms with Crippen molar-refractivity contribution < 1.29 is 18.3 Å². The highest BCUT2D eigenvalue weighted by Gasteiger charge is 2.17. The summed E-state index contributed by atoms with van der Waals surface area (Å²) in [7, 11) is 0. The van der Waals surface area contributed by atoms with Crippen LogP contribution in [0, 0.1) is 0 Å². The average Bonchev–Trinajstić information content (AvgIpc) is 4.16. The molecule has 7 rings (SSSR count). The maximum atomic E-state index is 6.15. The molecule has 0 N–H and O–H groups in total. The molecular formula is C52H60N4O4S2. The Morgan fingerprint density at radius 1 is 0.452 bits per heavy atom. The van der Waals surface area contributed by atoms with Gasteiger partial charge in [-0.1, -0.05) is 129 Å². The molecule has 8 nitrogen and oxygen atoms in total. The van der Waals surface area contributed by atoms with Gasteiger partial charge in [0.25, 0.3) is 11.8 Å². The van der Waals surface area contributed by atoms with Gasteiger partial charge in [0.1, 0.15) is 11.5 Å². The standard InChI is InChI=1S/C52H60N4O4S2/c1-4-7-9-11-13-15-17-19-35-57-42-26-21-39(22-27-42)49-53-55-51(59-49)47-33-31-45(61-47)41-25-30-44(38(6-3)37-41)46-32-34-48(62-46)52-56-54-50(60-52)40-23-28-43(29-24-40)58-36-20-18-16-14-12-10-8-5-2/h6,21-34,37H,3-5,7-20,35-36H2,1-2H3. The van der Waals surface area contributed by atoms with Crippen molar-refractivity contribution in [3.63, 3.8) is 0 Å². The first kappa shape index (κ1) is 44.7. The lowest BCUT2D eigenvalue weighted by Crippen LogP contribution is -1.97. The summed E-state index contributed by atoms with van der Waals surface area (Å²) in [5.74, 6) is 3.68. The molecule has 4 aromatic heterocycles. The van der Waals surface area contributed by atoms with Crippen molar-refractivity contribution in [3.05, 3.63) is 103 Å². The monoisotopic (exact) mass is 868 g/mol. The largest absolute Gasteiger partial charge is 0.494 e. The molecule has 0 aliphatic rings. The van der Waals surface area contributed by atoms with E-state index >= 15 is 0 Å². The summed E-state index contributed by atoms with van der Waals surface area (Å²) in [4.78, 5) is 4.00. The number of unbranched alkanes of at least 4 members (excludes halogenated alkanes) is 14. The van der Waals surface area contributed by atoms with Crippen molar-refractivity contribution in [2.45, 2.75) is 117 Å². The minimum atomic E-state index is 0.483. The number of ether oxygens (including phenoxy) is 2. The van der Waals surface area contributed by atoms with Crippen LogP contribution in [0.1, 0.15) is 122 Å². The second kappa shape index (κ2) is 23.8. The fourth-order valence-corrected chi connectivity index (χ4v) is 9.33. The maximum absolute atomic E-state index is 6.15. The van der Waals surface area contributed by atoms with Crippen molar-refractivity contribution in [2.75, 3.05) is 13.2 Å². The normalized spacial score (nSPS) is 11.3. The Kier molecular flexibility index (Phi) is 17.2. The highest BCUT2D eigenvalue weighted by atomic mass is 32.1. The third kappa shape index (κ3) is 12.6. The van der Waals surface area contributed by atoms with Gasteiger partial charge >= 0.3 is 0 Å². The molecule has 0 saturated heterocycles. The SMILES string of the molecule is C=Cc1cc(-c2ccc(-c3nnc(-c4ccc(OCCCCCCCCCC)cc4)o3)s2)ccc1-c1ccc(-c2nnc(-c3ccc(OCCCCCCCCCC)cc3)o2)s1. The summed E-state index contributed by atoms with van der Waals surface area (Å²) in [5, 5.41) is 17.5. The Balaban J connectivity index is 0.902. The molecule has 10 heteroatoms. The first-order chi connectivity index (χ1) is 30.6. The first-order valence-electron chi connectivity index (χ1n) is 22.7. The van der Waals surface area contributed by atoms with Gasteiger partial charge in [0.2, 0.25) is 11.8 Å². The topological polar surface area (TPSA) is 96.3 Å². The zero-order chi connectivity index (χ0) is 42.8. The maximum Gasteiger partial charge on any atom is 0.258 e. The lowest BCUT2D eigenvalue weighted by atomic mass is 10.0. The van der Waals surface area contributed by atoms with Gasteiger partial charge in [0.15, 0.2) is 0 Å². The van der Waals surface area contributed by atoms with E-state index in [1.165, 1.54) is 89.9 Å². The molecule has 62 heavy (non-hydrogen) atoms. The number of nitrogens with zero attached hydrogens (tertiary/aromatic N) is 4. The highest BCUT2D eigenvalue weighted by Crippen LogP contribution is 2.40. The van der Waals surface area contributed by atoms with Crippen LogP contribution in [-0.4, -0.2) is 33.6 Å². The summed E-state index contributed by atoms with van der Waals surface area (Å²) >= 11 is 3.23. The zero-order valence-electron chi connectivity index (χ0n) is 36.4. The van der Waals surface area contributed by atoms with Crippen LogP contribution in [0.5, 0.6) is 11.5 Å². The van der Waals surface area contributed by atoms with E-state index in [4.69, 9.17) is 18.3 Å². The molecule has 3 aromatic carbocycles. The van der Waals surface area contributed by atoms with Crippen LogP contribution < -0.4 is 9.47 Å². The highest BCUT2D eigenvalue weighted by molar-refractivity contribution is 7.19. The molecule has 7 aromatic rings. The van der Waals surface area contributed by atoms with Gasteiger partial charge < -0.3 is 18.3 Å². The zero-order valence-corrected chi connectivity index (χ0v) is 38.0. The Bertz CT molecular complexity index is 2390. The predicted molar refractivity (Wildman–Crippen MR) is 257 cm³/mol. The third-order valence-electron chi connectivity index (χ3n) is 11.0. The number of benzene rings is 3. The van der Waals surface area contributed by atoms with E-state index in [0.29, 0.717) is 23.6 Å². The van der Waals surface area contributed by atoms with E-state index in [0.717, 1.165) is 84.9 Å². The molecular weight excluding hydrogens is 809 g/mol. The molecule has 324 valence electrons. The van der Waals surface area contributed by atoms with Crippen LogP contribution >= 0.6 is 22.7 Å². The van der Waals surface area contributed by atoms with Gasteiger partial charge in [-0.05, 0) is 108 Å². The smallest absolute Gasteiger partial charge is 0.258 e. The third-order valence-corrected chi connectivity index (χ3v) is 13.3. The van der Waals surface area contributed by atoms with Gasteiger partial charge in [0, 0.05) is 20.9 Å². The average molecular weight is 869 g/mol. The molecule has 0 spiro atoms. The molecule has 0 fully saturated rings. The van der Waals surface area contributed by atoms with Crippen LogP contribution in [0.25, 0.3) is 71.4 Å². The number of hydrogen-bond acceptors (Lipinski definition) is 10. The van der Waals surface area contributed by atoms with Crippen molar-refractivity contribution in [1.82, 2.24) is 20.4 Å². The number of hydrogen-bond donors (Lipinski definition) is 0. The number of thiophene rings is 2. The Hall–Kier alpha value is -5.32. The van der Waals surface area contributed by atoms with Crippen molar-refractivity contribution in [3.8, 4) is 76.8 Å². The van der Waals surface area contributed by atoms with Crippen molar-refractivity contribution >= 4 is 28.7 Å². The van der Waals surface area contributed by atoms with Crippen molar-refractivity contribution in [2.24, 2.45) is 0 Å². The van der Waals surface area contributed by atoms with E-state index in [-0.39, 0.29) is 0 Å². The minimum Gasteiger partial charge on any atom is -0.494 e. The molecule has 0 atom stereocenters. The van der Waals surface area contributed by atoms with E-state index < -0.39 is 0 Å². The lowest BCUT2D eigenvalue weighted by molar-refractivity contribution is 0.304. The molecule has 0 aliphatic carbocycles. The van der Waals surface area contributed by atoms with Gasteiger partial charge in [-0.15, -0.1) is 43.1 Å². The van der Waals surface area contributed by atoms with Crippen LogP contribution in [-0.2, 0) is 0 Å². The predicted octanol–water partition coefficient (Wildman–Crippen LogP) is 16.3. The quantitative estimate of drug-likeness (QED) is 0.0472. The molecule has 0 saturated carbocycles. The summed E-state index contributed by atoms with van der Waals surface area (Å²) in [6.07, 6.45) is 22.4. The second-order valence-electron chi connectivity index (χ2n) is 15.9. The molecule has 0 radical (unpaired) electrons. The summed E-state index contributed by atoms with van der Waals surface area (Å²) in [5.41, 5.74) is 4.94. The fourth-order valence-electron chi connectivity index (χ4n) is 7.43. The summed E-state index contributed by atoms with van der Waals surface area (Å²) < 4.78 is 24.3.